The Morgan fingerprint density at radius 3 is 2.14 bits per heavy atom. The van der Waals surface area contributed by atoms with Gasteiger partial charge >= 0.3 is 0 Å². The molecule has 2 N–H and O–H groups in total. The van der Waals surface area contributed by atoms with Crippen LogP contribution >= 0.6 is 0 Å². The Kier molecular flexibility index (Phi) is 7.07. The third-order valence-electron chi connectivity index (χ3n) is 4.14. The van der Waals surface area contributed by atoms with Gasteiger partial charge in [0.1, 0.15) is 35.6 Å². The van der Waals surface area contributed by atoms with E-state index in [9.17, 15) is 0 Å². The minimum absolute atomic E-state index is 0.534. The zero-order valence-electron chi connectivity index (χ0n) is 16.3. The average molecular weight is 378 g/mol. The lowest BCUT2D eigenvalue weighted by atomic mass is 10.1. The van der Waals surface area contributed by atoms with E-state index in [0.29, 0.717) is 13.2 Å². The van der Waals surface area contributed by atoms with Crippen molar-refractivity contribution < 1.29 is 9.47 Å². The number of ether oxygens (including phenoxy) is 2. The molecule has 0 bridgehead atoms. The van der Waals surface area contributed by atoms with E-state index < -0.39 is 0 Å². The third-order valence-corrected chi connectivity index (χ3v) is 4.14. The molecule has 0 atom stereocenters. The first-order valence-electron chi connectivity index (χ1n) is 9.37. The van der Waals surface area contributed by atoms with Crippen LogP contribution in [-0.4, -0.2) is 36.8 Å². The highest BCUT2D eigenvalue weighted by atomic mass is 16.5. The summed E-state index contributed by atoms with van der Waals surface area (Å²) in [5.74, 6) is 3.96. The molecule has 146 valence electrons. The standard InChI is InChI=1S/C22H26N4O2/c1-17-25-21(23-13-12-18-6-4-3-5-7-18)16-22(26-17)24-14-15-28-20-10-8-19(27-2)9-11-20/h3-11,16H,12-15H2,1-2H3,(H2,23,24,25,26). The maximum Gasteiger partial charge on any atom is 0.131 e. The number of nitrogens with zero attached hydrogens (tertiary/aromatic N) is 2. The van der Waals surface area contributed by atoms with Crippen LogP contribution in [-0.2, 0) is 6.42 Å². The lowest BCUT2D eigenvalue weighted by molar-refractivity contribution is 0.331. The molecule has 0 radical (unpaired) electrons. The second kappa shape index (κ2) is 10.2. The lowest BCUT2D eigenvalue weighted by Crippen LogP contribution is -2.14. The summed E-state index contributed by atoms with van der Waals surface area (Å²) in [4.78, 5) is 8.88. The maximum absolute atomic E-state index is 5.72. The smallest absolute Gasteiger partial charge is 0.131 e. The Labute approximate surface area is 166 Å². The van der Waals surface area contributed by atoms with Crippen LogP contribution in [0.5, 0.6) is 11.5 Å². The maximum atomic E-state index is 5.72. The van der Waals surface area contributed by atoms with Gasteiger partial charge in [-0.15, -0.1) is 0 Å². The molecule has 0 saturated heterocycles. The van der Waals surface area contributed by atoms with Crippen molar-refractivity contribution in [2.45, 2.75) is 13.3 Å². The lowest BCUT2D eigenvalue weighted by Gasteiger charge is -2.11. The fraction of sp³-hybridized carbons (Fsp3) is 0.273. The van der Waals surface area contributed by atoms with Gasteiger partial charge in [0.15, 0.2) is 0 Å². The molecule has 6 nitrogen and oxygen atoms in total. The molecular formula is C22H26N4O2. The van der Waals surface area contributed by atoms with E-state index in [2.05, 4.69) is 44.9 Å². The number of nitrogens with one attached hydrogen (secondary N) is 2. The summed E-state index contributed by atoms with van der Waals surface area (Å²) in [5.41, 5.74) is 1.30. The summed E-state index contributed by atoms with van der Waals surface area (Å²) in [5, 5.41) is 6.65. The number of hydrogen-bond acceptors (Lipinski definition) is 6. The second-order valence-electron chi connectivity index (χ2n) is 6.30. The van der Waals surface area contributed by atoms with Gasteiger partial charge in [0.05, 0.1) is 13.7 Å². The number of anilines is 2. The summed E-state index contributed by atoms with van der Waals surface area (Å²) in [6.07, 6.45) is 0.947. The molecule has 1 aromatic heterocycles. The molecule has 3 aromatic rings. The van der Waals surface area contributed by atoms with Crippen molar-refractivity contribution in [3.8, 4) is 11.5 Å². The molecule has 0 aliphatic rings. The molecule has 0 saturated carbocycles. The van der Waals surface area contributed by atoms with Crippen molar-refractivity contribution in [2.24, 2.45) is 0 Å². The Bertz CT molecular complexity index is 854. The monoisotopic (exact) mass is 378 g/mol. The van der Waals surface area contributed by atoms with Crippen LogP contribution < -0.4 is 20.1 Å². The van der Waals surface area contributed by atoms with Gasteiger partial charge < -0.3 is 20.1 Å². The predicted molar refractivity (Wildman–Crippen MR) is 112 cm³/mol. The molecule has 0 spiro atoms. The van der Waals surface area contributed by atoms with E-state index in [4.69, 9.17) is 9.47 Å². The second-order valence-corrected chi connectivity index (χ2v) is 6.30. The Morgan fingerprint density at radius 2 is 1.46 bits per heavy atom. The number of aromatic nitrogens is 2. The molecule has 28 heavy (non-hydrogen) atoms. The molecule has 0 fully saturated rings. The average Bonchev–Trinajstić information content (AvgIpc) is 2.72. The topological polar surface area (TPSA) is 68.3 Å². The molecule has 0 amide bonds. The van der Waals surface area contributed by atoms with Crippen LogP contribution in [0.4, 0.5) is 11.6 Å². The zero-order chi connectivity index (χ0) is 19.6. The Morgan fingerprint density at radius 1 is 0.821 bits per heavy atom. The first-order chi connectivity index (χ1) is 13.7. The van der Waals surface area contributed by atoms with E-state index >= 15 is 0 Å². The van der Waals surface area contributed by atoms with Gasteiger partial charge in [-0.1, -0.05) is 30.3 Å². The van der Waals surface area contributed by atoms with Crippen LogP contribution in [0.3, 0.4) is 0 Å². The van der Waals surface area contributed by atoms with Crippen LogP contribution in [0.1, 0.15) is 11.4 Å². The molecular weight excluding hydrogens is 352 g/mol. The molecule has 0 aliphatic carbocycles. The van der Waals surface area contributed by atoms with E-state index in [1.165, 1.54) is 5.56 Å². The van der Waals surface area contributed by atoms with Crippen LogP contribution in [0.25, 0.3) is 0 Å². The minimum Gasteiger partial charge on any atom is -0.497 e. The van der Waals surface area contributed by atoms with E-state index in [-0.39, 0.29) is 0 Å². The first kappa shape index (κ1) is 19.5. The Balaban J connectivity index is 1.44. The van der Waals surface area contributed by atoms with Gasteiger partial charge in [-0.3, -0.25) is 0 Å². The predicted octanol–water partition coefficient (Wildman–Crippen LogP) is 3.94. The first-order valence-corrected chi connectivity index (χ1v) is 9.37. The number of hydrogen-bond donors (Lipinski definition) is 2. The molecule has 3 rings (SSSR count). The van der Waals surface area contributed by atoms with Gasteiger partial charge in [0.25, 0.3) is 0 Å². The number of methoxy groups -OCH3 is 1. The van der Waals surface area contributed by atoms with Crippen molar-refractivity contribution in [1.29, 1.82) is 0 Å². The molecule has 0 aliphatic heterocycles. The number of rotatable bonds is 10. The minimum atomic E-state index is 0.534. The fourth-order valence-corrected chi connectivity index (χ4v) is 2.75. The van der Waals surface area contributed by atoms with Gasteiger partial charge in [-0.2, -0.15) is 0 Å². The van der Waals surface area contributed by atoms with Gasteiger partial charge in [-0.05, 0) is 43.2 Å². The normalized spacial score (nSPS) is 10.4. The zero-order valence-corrected chi connectivity index (χ0v) is 16.3. The SMILES string of the molecule is COc1ccc(OCCNc2cc(NCCc3ccccc3)nc(C)n2)cc1. The van der Waals surface area contributed by atoms with E-state index in [1.54, 1.807) is 7.11 Å². The summed E-state index contributed by atoms with van der Waals surface area (Å²) in [7, 11) is 1.65. The third kappa shape index (κ3) is 6.16. The van der Waals surface area contributed by atoms with Crippen molar-refractivity contribution in [1.82, 2.24) is 9.97 Å². The largest absolute Gasteiger partial charge is 0.497 e. The van der Waals surface area contributed by atoms with Gasteiger partial charge in [-0.25, -0.2) is 9.97 Å². The van der Waals surface area contributed by atoms with Crippen LogP contribution in [0.15, 0.2) is 60.7 Å². The van der Waals surface area contributed by atoms with E-state index in [1.807, 2.05) is 43.3 Å². The highest BCUT2D eigenvalue weighted by Crippen LogP contribution is 2.17. The molecule has 6 heteroatoms. The van der Waals surface area contributed by atoms with E-state index in [0.717, 1.165) is 41.9 Å². The summed E-state index contributed by atoms with van der Waals surface area (Å²) < 4.78 is 10.9. The van der Waals surface area contributed by atoms with Crippen molar-refractivity contribution in [3.63, 3.8) is 0 Å². The quantitative estimate of drug-likeness (QED) is 0.521. The van der Waals surface area contributed by atoms with Gasteiger partial charge in [0.2, 0.25) is 0 Å². The summed E-state index contributed by atoms with van der Waals surface area (Å²) >= 11 is 0. The summed E-state index contributed by atoms with van der Waals surface area (Å²) in [6, 6.07) is 19.9. The highest BCUT2D eigenvalue weighted by Gasteiger charge is 2.02. The van der Waals surface area contributed by atoms with Gasteiger partial charge in [0, 0.05) is 12.6 Å². The summed E-state index contributed by atoms with van der Waals surface area (Å²) in [6.45, 7) is 3.89. The van der Waals surface area contributed by atoms with Crippen LogP contribution in [0, 0.1) is 6.92 Å². The molecule has 1 heterocycles. The number of aryl methyl sites for hydroxylation is 1. The molecule has 0 unspecified atom stereocenters. The van der Waals surface area contributed by atoms with Crippen LogP contribution in [0.2, 0.25) is 0 Å². The number of benzene rings is 2. The Hall–Kier alpha value is -3.28. The molecule has 2 aromatic carbocycles. The van der Waals surface area contributed by atoms with Crippen molar-refractivity contribution >= 4 is 11.6 Å². The highest BCUT2D eigenvalue weighted by molar-refractivity contribution is 5.47. The van der Waals surface area contributed by atoms with Crippen molar-refractivity contribution in [2.75, 3.05) is 37.4 Å². The van der Waals surface area contributed by atoms with Crippen molar-refractivity contribution in [3.05, 3.63) is 72.1 Å². The fourth-order valence-electron chi connectivity index (χ4n) is 2.75.